The van der Waals surface area contributed by atoms with Crippen LogP contribution in [0.15, 0.2) is 24.3 Å². The zero-order chi connectivity index (χ0) is 14.4. The first-order valence-electron chi connectivity index (χ1n) is 7.60. The summed E-state index contributed by atoms with van der Waals surface area (Å²) in [6.45, 7) is 7.68. The first kappa shape index (κ1) is 15.3. The number of benzene rings is 1. The van der Waals surface area contributed by atoms with Gasteiger partial charge < -0.3 is 10.6 Å². The highest BCUT2D eigenvalue weighted by Crippen LogP contribution is 2.15. The molecule has 1 aliphatic rings. The van der Waals surface area contributed by atoms with E-state index in [1.54, 1.807) is 0 Å². The summed E-state index contributed by atoms with van der Waals surface area (Å²) in [5.74, 6) is 0. The highest BCUT2D eigenvalue weighted by atomic mass is 32.1. The number of rotatable bonds is 5. The van der Waals surface area contributed by atoms with E-state index >= 15 is 0 Å². The van der Waals surface area contributed by atoms with E-state index in [9.17, 15) is 0 Å². The molecule has 1 aromatic rings. The lowest BCUT2D eigenvalue weighted by molar-refractivity contribution is 0.267. The number of hydrogen-bond acceptors (Lipinski definition) is 2. The molecule has 110 valence electrons. The van der Waals surface area contributed by atoms with Gasteiger partial charge in [0, 0.05) is 18.3 Å². The minimum absolute atomic E-state index is 0.627. The molecular formula is C16H25N3S. The summed E-state index contributed by atoms with van der Waals surface area (Å²) in [4.78, 5) is 2.52. The van der Waals surface area contributed by atoms with Gasteiger partial charge >= 0.3 is 0 Å². The van der Waals surface area contributed by atoms with Gasteiger partial charge in [0.1, 0.15) is 0 Å². The van der Waals surface area contributed by atoms with Crippen LogP contribution >= 0.6 is 12.2 Å². The van der Waals surface area contributed by atoms with Gasteiger partial charge in [-0.2, -0.15) is 0 Å². The van der Waals surface area contributed by atoms with Gasteiger partial charge in [-0.15, -0.1) is 0 Å². The zero-order valence-electron chi connectivity index (χ0n) is 12.5. The fraction of sp³-hybridized carbons (Fsp3) is 0.562. The van der Waals surface area contributed by atoms with Gasteiger partial charge in [0.05, 0.1) is 0 Å². The van der Waals surface area contributed by atoms with Gasteiger partial charge in [0.15, 0.2) is 5.11 Å². The van der Waals surface area contributed by atoms with Crippen LogP contribution in [0.2, 0.25) is 0 Å². The van der Waals surface area contributed by atoms with Crippen molar-refractivity contribution in [3.63, 3.8) is 0 Å². The monoisotopic (exact) mass is 291 g/mol. The number of likely N-dealkylation sites (tertiary alicyclic amines) is 1. The summed E-state index contributed by atoms with van der Waals surface area (Å²) >= 11 is 5.37. The number of nitrogens with zero attached hydrogens (tertiary/aromatic N) is 1. The summed E-state index contributed by atoms with van der Waals surface area (Å²) < 4.78 is 0. The third-order valence-electron chi connectivity index (χ3n) is 4.02. The molecular weight excluding hydrogens is 266 g/mol. The van der Waals surface area contributed by atoms with Crippen molar-refractivity contribution in [3.05, 3.63) is 29.8 Å². The van der Waals surface area contributed by atoms with E-state index in [1.807, 2.05) is 0 Å². The molecule has 1 fully saturated rings. The number of anilines is 1. The molecule has 0 amide bonds. The zero-order valence-corrected chi connectivity index (χ0v) is 13.3. The van der Waals surface area contributed by atoms with E-state index in [0.29, 0.717) is 6.04 Å². The van der Waals surface area contributed by atoms with Crippen LogP contribution < -0.4 is 10.6 Å². The summed E-state index contributed by atoms with van der Waals surface area (Å²) in [6, 6.07) is 9.07. The molecule has 2 rings (SSSR count). The molecule has 2 N–H and O–H groups in total. The van der Waals surface area contributed by atoms with E-state index in [-0.39, 0.29) is 0 Å². The standard InChI is InChI=1S/C16H25N3S/c1-3-13-7-9-14(10-8-13)18-16(20)17-12-15-6-5-11-19(15)4-2/h7-10,15H,3-6,11-12H2,1-2H3,(H2,17,18,20)/t15-/m0/s1. The molecule has 1 aliphatic heterocycles. The molecule has 0 radical (unpaired) electrons. The second-order valence-corrected chi connectivity index (χ2v) is 5.72. The van der Waals surface area contributed by atoms with E-state index < -0.39 is 0 Å². The largest absolute Gasteiger partial charge is 0.361 e. The molecule has 0 aliphatic carbocycles. The van der Waals surface area contributed by atoms with Crippen LogP contribution in [0.1, 0.15) is 32.3 Å². The van der Waals surface area contributed by atoms with Gasteiger partial charge in [-0.25, -0.2) is 0 Å². The maximum atomic E-state index is 5.37. The molecule has 1 heterocycles. The Labute approximate surface area is 127 Å². The first-order chi connectivity index (χ1) is 9.72. The van der Waals surface area contributed by atoms with Crippen molar-refractivity contribution in [2.45, 2.75) is 39.2 Å². The molecule has 4 heteroatoms. The second-order valence-electron chi connectivity index (χ2n) is 5.31. The highest BCUT2D eigenvalue weighted by Gasteiger charge is 2.22. The Bertz CT molecular complexity index is 430. The maximum Gasteiger partial charge on any atom is 0.170 e. The minimum atomic E-state index is 0.627. The van der Waals surface area contributed by atoms with Gasteiger partial charge in [0.25, 0.3) is 0 Å². The lowest BCUT2D eigenvalue weighted by Crippen LogP contribution is -2.41. The van der Waals surface area contributed by atoms with E-state index in [0.717, 1.165) is 30.3 Å². The Kier molecular flexibility index (Phi) is 5.80. The Balaban J connectivity index is 1.77. The molecule has 3 nitrogen and oxygen atoms in total. The van der Waals surface area contributed by atoms with E-state index in [2.05, 4.69) is 53.6 Å². The summed E-state index contributed by atoms with van der Waals surface area (Å²) in [7, 11) is 0. The molecule has 0 aromatic heterocycles. The van der Waals surface area contributed by atoms with Crippen LogP contribution in [0.3, 0.4) is 0 Å². The molecule has 1 aromatic carbocycles. The van der Waals surface area contributed by atoms with Crippen LogP contribution in [0.4, 0.5) is 5.69 Å². The van der Waals surface area contributed by atoms with Gasteiger partial charge in [-0.3, -0.25) is 4.90 Å². The predicted octanol–water partition coefficient (Wildman–Crippen LogP) is 3.02. The normalized spacial score (nSPS) is 19.0. The number of hydrogen-bond donors (Lipinski definition) is 2. The van der Waals surface area contributed by atoms with Crippen molar-refractivity contribution >= 4 is 23.0 Å². The van der Waals surface area contributed by atoms with Gasteiger partial charge in [-0.1, -0.05) is 26.0 Å². The summed E-state index contributed by atoms with van der Waals surface area (Å²) in [6.07, 6.45) is 3.64. The van der Waals surface area contributed by atoms with Crippen LogP contribution in [0.25, 0.3) is 0 Å². The average Bonchev–Trinajstić information content (AvgIpc) is 2.93. The number of likely N-dealkylation sites (N-methyl/N-ethyl adjacent to an activating group) is 1. The number of thiocarbonyl (C=S) groups is 1. The van der Waals surface area contributed by atoms with Crippen LogP contribution in [-0.2, 0) is 6.42 Å². The van der Waals surface area contributed by atoms with Crippen LogP contribution in [0, 0.1) is 0 Å². The fourth-order valence-corrected chi connectivity index (χ4v) is 2.95. The molecule has 0 unspecified atom stereocenters. The topological polar surface area (TPSA) is 27.3 Å². The molecule has 20 heavy (non-hydrogen) atoms. The minimum Gasteiger partial charge on any atom is -0.361 e. The number of nitrogens with one attached hydrogen (secondary N) is 2. The van der Waals surface area contributed by atoms with E-state index in [4.69, 9.17) is 12.2 Å². The SMILES string of the molecule is CCc1ccc(NC(=S)NC[C@@H]2CCCN2CC)cc1. The van der Waals surface area contributed by atoms with Gasteiger partial charge in [-0.05, 0) is 62.3 Å². The summed E-state index contributed by atoms with van der Waals surface area (Å²) in [5.41, 5.74) is 2.40. The third-order valence-corrected chi connectivity index (χ3v) is 4.27. The van der Waals surface area contributed by atoms with Crippen molar-refractivity contribution in [1.82, 2.24) is 10.2 Å². The Morgan fingerprint density at radius 1 is 1.30 bits per heavy atom. The Morgan fingerprint density at radius 3 is 2.70 bits per heavy atom. The lowest BCUT2D eigenvalue weighted by atomic mass is 10.1. The van der Waals surface area contributed by atoms with Crippen molar-refractivity contribution in [3.8, 4) is 0 Å². The number of aryl methyl sites for hydroxylation is 1. The molecule has 0 bridgehead atoms. The summed E-state index contributed by atoms with van der Waals surface area (Å²) in [5, 5.41) is 7.32. The first-order valence-corrected chi connectivity index (χ1v) is 8.01. The van der Waals surface area contributed by atoms with Crippen molar-refractivity contribution in [2.24, 2.45) is 0 Å². The van der Waals surface area contributed by atoms with Crippen LogP contribution in [-0.4, -0.2) is 35.7 Å². The van der Waals surface area contributed by atoms with Crippen molar-refractivity contribution in [1.29, 1.82) is 0 Å². The molecule has 0 saturated carbocycles. The second kappa shape index (κ2) is 7.60. The van der Waals surface area contributed by atoms with Crippen molar-refractivity contribution < 1.29 is 0 Å². The van der Waals surface area contributed by atoms with Gasteiger partial charge in [0.2, 0.25) is 0 Å². The van der Waals surface area contributed by atoms with Crippen LogP contribution in [0.5, 0.6) is 0 Å². The molecule has 1 saturated heterocycles. The Hall–Kier alpha value is -1.13. The fourth-order valence-electron chi connectivity index (χ4n) is 2.75. The smallest absolute Gasteiger partial charge is 0.170 e. The quantitative estimate of drug-likeness (QED) is 0.816. The van der Waals surface area contributed by atoms with E-state index in [1.165, 1.54) is 24.9 Å². The highest BCUT2D eigenvalue weighted by molar-refractivity contribution is 7.80. The predicted molar refractivity (Wildman–Crippen MR) is 90.3 cm³/mol. The lowest BCUT2D eigenvalue weighted by Gasteiger charge is -2.23. The van der Waals surface area contributed by atoms with Crippen molar-refractivity contribution in [2.75, 3.05) is 25.0 Å². The molecule has 1 atom stereocenters. The Morgan fingerprint density at radius 2 is 2.05 bits per heavy atom. The average molecular weight is 291 g/mol. The third kappa shape index (κ3) is 4.18. The molecule has 0 spiro atoms. The maximum absolute atomic E-state index is 5.37.